The smallest absolute Gasteiger partial charge is 0.274 e. The molecule has 1 unspecified atom stereocenters. The van der Waals surface area contributed by atoms with Crippen LogP contribution >= 0.6 is 0 Å². The molecule has 94 valence electrons. The Balaban J connectivity index is 2.01. The predicted molar refractivity (Wildman–Crippen MR) is 65.2 cm³/mol. The van der Waals surface area contributed by atoms with Crippen LogP contribution in [-0.4, -0.2) is 30.3 Å². The van der Waals surface area contributed by atoms with Crippen molar-refractivity contribution < 1.29 is 14.3 Å². The molecule has 0 saturated heterocycles. The van der Waals surface area contributed by atoms with Crippen LogP contribution in [0, 0.1) is 6.92 Å². The summed E-state index contributed by atoms with van der Waals surface area (Å²) in [5.41, 5.74) is 6.36. The second kappa shape index (κ2) is 4.97. The number of rotatable bonds is 3. The van der Waals surface area contributed by atoms with Crippen molar-refractivity contribution in [3.8, 4) is 5.75 Å². The first-order chi connectivity index (χ1) is 8.56. The third-order valence-corrected chi connectivity index (χ3v) is 2.43. The van der Waals surface area contributed by atoms with Gasteiger partial charge in [0.15, 0.2) is 11.9 Å². The summed E-state index contributed by atoms with van der Waals surface area (Å²) in [4.78, 5) is 26.2. The second-order valence-corrected chi connectivity index (χ2v) is 3.97. The van der Waals surface area contributed by atoms with E-state index >= 15 is 0 Å². The lowest BCUT2D eigenvalue weighted by Crippen LogP contribution is -2.53. The molecular weight excluding hydrogens is 234 g/mol. The fraction of sp³-hybridized carbons (Fsp3) is 0.250. The molecule has 0 bridgehead atoms. The van der Waals surface area contributed by atoms with Gasteiger partial charge in [0.1, 0.15) is 12.4 Å². The van der Waals surface area contributed by atoms with E-state index < -0.39 is 17.9 Å². The molecule has 6 heteroatoms. The molecule has 1 aliphatic rings. The number of hydrogen-bond donors (Lipinski definition) is 2. The fourth-order valence-electron chi connectivity index (χ4n) is 1.49. The molecule has 18 heavy (non-hydrogen) atoms. The maximum atomic E-state index is 11.3. The Morgan fingerprint density at radius 1 is 1.44 bits per heavy atom. The van der Waals surface area contributed by atoms with Crippen molar-refractivity contribution in [3.05, 3.63) is 29.8 Å². The van der Waals surface area contributed by atoms with Crippen LogP contribution in [0.2, 0.25) is 0 Å². The zero-order valence-electron chi connectivity index (χ0n) is 9.84. The van der Waals surface area contributed by atoms with Crippen molar-refractivity contribution in [3.63, 3.8) is 0 Å². The Kier molecular flexibility index (Phi) is 3.38. The van der Waals surface area contributed by atoms with Gasteiger partial charge in [-0.1, -0.05) is 12.1 Å². The van der Waals surface area contributed by atoms with Gasteiger partial charge >= 0.3 is 0 Å². The van der Waals surface area contributed by atoms with Crippen molar-refractivity contribution >= 4 is 17.6 Å². The lowest BCUT2D eigenvalue weighted by Gasteiger charge is -2.17. The highest BCUT2D eigenvalue weighted by Crippen LogP contribution is 2.12. The van der Waals surface area contributed by atoms with Crippen molar-refractivity contribution in [2.45, 2.75) is 13.0 Å². The van der Waals surface area contributed by atoms with E-state index in [9.17, 15) is 9.59 Å². The quantitative estimate of drug-likeness (QED) is 0.720. The fourth-order valence-corrected chi connectivity index (χ4v) is 1.49. The highest BCUT2D eigenvalue weighted by molar-refractivity contribution is 6.18. The summed E-state index contributed by atoms with van der Waals surface area (Å²) in [6, 6.07) is 6.21. The maximum Gasteiger partial charge on any atom is 0.274 e. The van der Waals surface area contributed by atoms with Crippen LogP contribution in [0.4, 0.5) is 0 Å². The third kappa shape index (κ3) is 2.72. The first-order valence-electron chi connectivity index (χ1n) is 5.43. The summed E-state index contributed by atoms with van der Waals surface area (Å²) in [6.07, 6.45) is 0. The van der Waals surface area contributed by atoms with Crippen LogP contribution < -0.4 is 15.8 Å². The molecule has 2 amide bonds. The SMILES string of the molecule is Cc1cccc(OCC2=NC(=O)C(N)C(=O)N2)c1. The van der Waals surface area contributed by atoms with Crippen LogP contribution in [0.1, 0.15) is 5.56 Å². The Labute approximate surface area is 104 Å². The number of ether oxygens (including phenoxy) is 1. The molecule has 0 spiro atoms. The number of aryl methyl sites for hydroxylation is 1. The van der Waals surface area contributed by atoms with Gasteiger partial charge in [0, 0.05) is 0 Å². The summed E-state index contributed by atoms with van der Waals surface area (Å²) in [6.45, 7) is 1.96. The first-order valence-corrected chi connectivity index (χ1v) is 5.43. The number of amides is 2. The van der Waals surface area contributed by atoms with E-state index in [1.54, 1.807) is 6.07 Å². The van der Waals surface area contributed by atoms with Gasteiger partial charge in [-0.05, 0) is 24.6 Å². The highest BCUT2D eigenvalue weighted by Gasteiger charge is 2.28. The molecule has 0 aromatic heterocycles. The molecule has 2 rings (SSSR count). The third-order valence-electron chi connectivity index (χ3n) is 2.43. The number of carbonyl (C=O) groups is 2. The lowest BCUT2D eigenvalue weighted by atomic mass is 10.2. The predicted octanol–water partition coefficient (Wildman–Crippen LogP) is -0.244. The van der Waals surface area contributed by atoms with E-state index in [4.69, 9.17) is 10.5 Å². The molecule has 6 nitrogen and oxygen atoms in total. The number of amidine groups is 1. The number of nitrogens with one attached hydrogen (secondary N) is 1. The minimum absolute atomic E-state index is 0.0215. The summed E-state index contributed by atoms with van der Waals surface area (Å²) in [5, 5.41) is 2.42. The van der Waals surface area contributed by atoms with E-state index in [1.807, 2.05) is 25.1 Å². The topological polar surface area (TPSA) is 93.8 Å². The Hall–Kier alpha value is -2.21. The molecule has 1 heterocycles. The molecule has 0 radical (unpaired) electrons. The van der Waals surface area contributed by atoms with Crippen LogP contribution in [0.5, 0.6) is 5.75 Å². The molecule has 3 N–H and O–H groups in total. The van der Waals surface area contributed by atoms with Gasteiger partial charge < -0.3 is 15.8 Å². The zero-order chi connectivity index (χ0) is 13.1. The summed E-state index contributed by atoms with van der Waals surface area (Å²) in [7, 11) is 0. The van der Waals surface area contributed by atoms with Crippen molar-refractivity contribution in [1.82, 2.24) is 5.32 Å². The summed E-state index contributed by atoms with van der Waals surface area (Å²) in [5.74, 6) is -0.387. The van der Waals surface area contributed by atoms with Crippen LogP contribution in [-0.2, 0) is 9.59 Å². The molecule has 1 aromatic rings. The van der Waals surface area contributed by atoms with Crippen LogP contribution in [0.25, 0.3) is 0 Å². The average molecular weight is 247 g/mol. The van der Waals surface area contributed by atoms with Gasteiger partial charge in [-0.15, -0.1) is 0 Å². The molecule has 1 aliphatic heterocycles. The second-order valence-electron chi connectivity index (χ2n) is 3.97. The number of nitrogens with two attached hydrogens (primary N) is 1. The summed E-state index contributed by atoms with van der Waals surface area (Å²) >= 11 is 0. The number of nitrogens with zero attached hydrogens (tertiary/aromatic N) is 1. The number of hydrogen-bond acceptors (Lipinski definition) is 4. The monoisotopic (exact) mass is 247 g/mol. The Morgan fingerprint density at radius 3 is 2.89 bits per heavy atom. The molecule has 0 saturated carbocycles. The summed E-state index contributed by atoms with van der Waals surface area (Å²) < 4.78 is 5.42. The number of carbonyl (C=O) groups excluding carboxylic acids is 2. The lowest BCUT2D eigenvalue weighted by molar-refractivity contribution is -0.129. The highest BCUT2D eigenvalue weighted by atomic mass is 16.5. The maximum absolute atomic E-state index is 11.3. The van der Waals surface area contributed by atoms with E-state index in [1.165, 1.54) is 0 Å². The Bertz CT molecular complexity index is 525. The van der Waals surface area contributed by atoms with Gasteiger partial charge in [-0.2, -0.15) is 4.99 Å². The molecule has 1 aromatic carbocycles. The molecule has 0 fully saturated rings. The van der Waals surface area contributed by atoms with Gasteiger partial charge in [0.05, 0.1) is 0 Å². The number of aliphatic imine (C=N–C) groups is 1. The number of benzene rings is 1. The van der Waals surface area contributed by atoms with Crippen molar-refractivity contribution in [2.24, 2.45) is 10.7 Å². The minimum Gasteiger partial charge on any atom is -0.486 e. The van der Waals surface area contributed by atoms with E-state index in [2.05, 4.69) is 10.3 Å². The minimum atomic E-state index is -1.22. The van der Waals surface area contributed by atoms with E-state index in [0.29, 0.717) is 5.75 Å². The standard InChI is InChI=1S/C12H13N3O3/c1-7-3-2-4-8(5-7)18-6-9-14-11(16)10(13)12(17)15-9/h2-5,10H,6,13H2,1H3,(H,14,15,16,17). The molecule has 0 aliphatic carbocycles. The molecule has 1 atom stereocenters. The molecular formula is C12H13N3O3. The van der Waals surface area contributed by atoms with Crippen LogP contribution in [0.3, 0.4) is 0 Å². The van der Waals surface area contributed by atoms with Gasteiger partial charge in [-0.25, -0.2) is 0 Å². The van der Waals surface area contributed by atoms with E-state index in [0.717, 1.165) is 5.56 Å². The first kappa shape index (κ1) is 12.3. The van der Waals surface area contributed by atoms with Crippen molar-refractivity contribution in [1.29, 1.82) is 0 Å². The Morgan fingerprint density at radius 2 is 2.22 bits per heavy atom. The van der Waals surface area contributed by atoms with Gasteiger partial charge in [-0.3, -0.25) is 9.59 Å². The van der Waals surface area contributed by atoms with Crippen LogP contribution in [0.15, 0.2) is 29.3 Å². The normalized spacial score (nSPS) is 19.2. The van der Waals surface area contributed by atoms with Gasteiger partial charge in [0.25, 0.3) is 11.8 Å². The van der Waals surface area contributed by atoms with E-state index in [-0.39, 0.29) is 12.4 Å². The van der Waals surface area contributed by atoms with Crippen molar-refractivity contribution in [2.75, 3.05) is 6.61 Å². The van der Waals surface area contributed by atoms with Gasteiger partial charge in [0.2, 0.25) is 0 Å². The zero-order valence-corrected chi connectivity index (χ0v) is 9.84. The largest absolute Gasteiger partial charge is 0.486 e. The average Bonchev–Trinajstić information content (AvgIpc) is 2.33.